The summed E-state index contributed by atoms with van der Waals surface area (Å²) >= 11 is 0. The lowest BCUT2D eigenvalue weighted by Crippen LogP contribution is -2.40. The molecule has 142 valence electrons. The van der Waals surface area contributed by atoms with Gasteiger partial charge in [0.25, 0.3) is 5.91 Å². The zero-order valence-electron chi connectivity index (χ0n) is 15.1. The summed E-state index contributed by atoms with van der Waals surface area (Å²) in [6, 6.07) is 3.63. The molecule has 0 atom stereocenters. The summed E-state index contributed by atoms with van der Waals surface area (Å²) in [7, 11) is 0. The Hall–Kier alpha value is -2.56. The van der Waals surface area contributed by atoms with E-state index in [2.05, 4.69) is 15.6 Å². The van der Waals surface area contributed by atoms with Gasteiger partial charge < -0.3 is 19.6 Å². The molecule has 0 aliphatic rings. The Morgan fingerprint density at radius 3 is 2.77 bits per heavy atom. The Morgan fingerprint density at radius 1 is 1.35 bits per heavy atom. The third-order valence-electron chi connectivity index (χ3n) is 3.62. The first kappa shape index (κ1) is 19.8. The van der Waals surface area contributed by atoms with Gasteiger partial charge in [-0.25, -0.2) is 10.4 Å². The Morgan fingerprint density at radius 2 is 2.08 bits per heavy atom. The molecule has 0 aromatic carbocycles. The fourth-order valence-corrected chi connectivity index (χ4v) is 2.44. The first-order valence-electron chi connectivity index (χ1n) is 8.33. The van der Waals surface area contributed by atoms with Crippen molar-refractivity contribution in [1.82, 2.24) is 19.9 Å². The van der Waals surface area contributed by atoms with E-state index in [9.17, 15) is 4.79 Å². The number of fused-ring (bicyclic) bond motifs is 1. The van der Waals surface area contributed by atoms with Gasteiger partial charge in [-0.1, -0.05) is 5.22 Å². The van der Waals surface area contributed by atoms with Gasteiger partial charge in [-0.05, 0) is 26.0 Å². The minimum Gasteiger partial charge on any atom is -0.378 e. The molecule has 0 aliphatic heterocycles. The SMILES string of the molecule is Cc1cc(C)n2ccc(C(=O)NN(CCOCCOCCN)N=N)c2n1. The van der Waals surface area contributed by atoms with E-state index in [0.29, 0.717) is 44.2 Å². The largest absolute Gasteiger partial charge is 0.378 e. The minimum atomic E-state index is -0.382. The van der Waals surface area contributed by atoms with Crippen LogP contribution in [-0.2, 0) is 9.47 Å². The Bertz CT molecular complexity index is 747. The normalized spacial score (nSPS) is 10.9. The second kappa shape index (κ2) is 9.80. The first-order valence-corrected chi connectivity index (χ1v) is 8.33. The lowest BCUT2D eigenvalue weighted by Gasteiger charge is -2.17. The van der Waals surface area contributed by atoms with Gasteiger partial charge in [0.15, 0.2) is 0 Å². The summed E-state index contributed by atoms with van der Waals surface area (Å²) in [6.45, 7) is 6.18. The number of nitrogens with zero attached hydrogens (tertiary/aromatic N) is 4. The van der Waals surface area contributed by atoms with Gasteiger partial charge in [-0.15, -0.1) is 0 Å². The van der Waals surface area contributed by atoms with Crippen molar-refractivity contribution in [3.63, 3.8) is 0 Å². The zero-order valence-corrected chi connectivity index (χ0v) is 15.1. The van der Waals surface area contributed by atoms with Crippen molar-refractivity contribution < 1.29 is 14.3 Å². The molecule has 26 heavy (non-hydrogen) atoms. The third-order valence-corrected chi connectivity index (χ3v) is 3.62. The van der Waals surface area contributed by atoms with Crippen molar-refractivity contribution in [1.29, 1.82) is 5.53 Å². The van der Waals surface area contributed by atoms with Crippen LogP contribution in [0, 0.1) is 19.4 Å². The fraction of sp³-hybridized carbons (Fsp3) is 0.500. The predicted octanol–water partition coefficient (Wildman–Crippen LogP) is 0.836. The van der Waals surface area contributed by atoms with E-state index in [1.807, 2.05) is 24.3 Å². The predicted molar refractivity (Wildman–Crippen MR) is 94.7 cm³/mol. The molecular weight excluding hydrogens is 338 g/mol. The molecule has 4 N–H and O–H groups in total. The molecule has 0 fully saturated rings. The second-order valence-electron chi connectivity index (χ2n) is 5.64. The van der Waals surface area contributed by atoms with E-state index in [-0.39, 0.29) is 12.5 Å². The summed E-state index contributed by atoms with van der Waals surface area (Å²) in [5.41, 5.74) is 17.9. The van der Waals surface area contributed by atoms with Crippen LogP contribution in [0.5, 0.6) is 0 Å². The number of aryl methyl sites for hydroxylation is 2. The van der Waals surface area contributed by atoms with Gasteiger partial charge in [0.2, 0.25) is 0 Å². The van der Waals surface area contributed by atoms with Crippen LogP contribution in [0.15, 0.2) is 23.6 Å². The van der Waals surface area contributed by atoms with Crippen LogP contribution in [0.1, 0.15) is 21.7 Å². The number of amides is 1. The summed E-state index contributed by atoms with van der Waals surface area (Å²) in [5.74, 6) is -0.382. The average Bonchev–Trinajstić information content (AvgIpc) is 3.04. The molecule has 0 saturated carbocycles. The van der Waals surface area contributed by atoms with Crippen LogP contribution in [0.3, 0.4) is 0 Å². The molecule has 10 nitrogen and oxygen atoms in total. The molecule has 0 spiro atoms. The van der Waals surface area contributed by atoms with E-state index >= 15 is 0 Å². The number of carbonyl (C=O) groups is 1. The standard InChI is InChI=1S/C16H25N7O3/c1-12-11-13(2)22-5-3-14(15(22)19-12)16(24)20-23(21-18)6-8-26-10-9-25-7-4-17/h3,5,11,18H,4,6-10,17H2,1-2H3,(H,20,24). The number of nitrogens with one attached hydrogen (secondary N) is 2. The Balaban J connectivity index is 1.88. The Kier molecular flexibility index (Phi) is 7.45. The van der Waals surface area contributed by atoms with E-state index in [1.54, 1.807) is 12.3 Å². The fourth-order valence-electron chi connectivity index (χ4n) is 2.44. The van der Waals surface area contributed by atoms with Crippen molar-refractivity contribution in [2.24, 2.45) is 11.0 Å². The molecule has 2 aromatic rings. The topological polar surface area (TPSA) is 130 Å². The first-order chi connectivity index (χ1) is 12.6. The van der Waals surface area contributed by atoms with Crippen LogP contribution < -0.4 is 11.2 Å². The van der Waals surface area contributed by atoms with E-state index < -0.39 is 0 Å². The van der Waals surface area contributed by atoms with Crippen molar-refractivity contribution >= 4 is 11.6 Å². The molecule has 10 heteroatoms. The molecule has 0 radical (unpaired) electrons. The highest BCUT2D eigenvalue weighted by molar-refractivity contribution is 5.99. The quantitative estimate of drug-likeness (QED) is 0.308. The molecule has 0 unspecified atom stereocenters. The average molecular weight is 363 g/mol. The van der Waals surface area contributed by atoms with E-state index in [0.717, 1.165) is 16.5 Å². The van der Waals surface area contributed by atoms with Gasteiger partial charge in [0, 0.05) is 24.1 Å². The summed E-state index contributed by atoms with van der Waals surface area (Å²) in [4.78, 5) is 16.9. The number of ether oxygens (including phenoxy) is 2. The van der Waals surface area contributed by atoms with Crippen molar-refractivity contribution in [2.45, 2.75) is 13.8 Å². The van der Waals surface area contributed by atoms with Crippen molar-refractivity contribution in [3.05, 3.63) is 35.3 Å². The zero-order chi connectivity index (χ0) is 18.9. The molecule has 2 heterocycles. The van der Waals surface area contributed by atoms with Gasteiger partial charge in [0.1, 0.15) is 5.65 Å². The van der Waals surface area contributed by atoms with Crippen LogP contribution in [0.25, 0.3) is 5.65 Å². The summed E-state index contributed by atoms with van der Waals surface area (Å²) < 4.78 is 12.4. The van der Waals surface area contributed by atoms with Crippen LogP contribution >= 0.6 is 0 Å². The van der Waals surface area contributed by atoms with Crippen LogP contribution in [0.2, 0.25) is 0 Å². The van der Waals surface area contributed by atoms with Crippen molar-refractivity contribution in [2.75, 3.05) is 39.5 Å². The molecule has 2 rings (SSSR count). The highest BCUT2D eigenvalue weighted by atomic mass is 16.5. The van der Waals surface area contributed by atoms with E-state index in [1.165, 1.54) is 0 Å². The molecule has 0 saturated heterocycles. The second-order valence-corrected chi connectivity index (χ2v) is 5.64. The molecule has 0 aliphatic carbocycles. The van der Waals surface area contributed by atoms with Crippen LogP contribution in [0.4, 0.5) is 0 Å². The maximum absolute atomic E-state index is 12.5. The number of hydrogen-bond acceptors (Lipinski definition) is 7. The minimum absolute atomic E-state index is 0.239. The third kappa shape index (κ3) is 5.22. The van der Waals surface area contributed by atoms with E-state index in [4.69, 9.17) is 20.7 Å². The Labute approximate surface area is 151 Å². The lowest BCUT2D eigenvalue weighted by atomic mass is 10.3. The lowest BCUT2D eigenvalue weighted by molar-refractivity contribution is 0.0308. The smallest absolute Gasteiger partial charge is 0.274 e. The van der Waals surface area contributed by atoms with Gasteiger partial charge in [-0.2, -0.15) is 10.6 Å². The number of nitrogens with two attached hydrogens (primary N) is 1. The van der Waals surface area contributed by atoms with Gasteiger partial charge >= 0.3 is 0 Å². The number of carbonyl (C=O) groups excluding carboxylic acids is 1. The van der Waals surface area contributed by atoms with Crippen LogP contribution in [-0.4, -0.2) is 59.9 Å². The summed E-state index contributed by atoms with van der Waals surface area (Å²) in [5, 5.41) is 4.42. The molecule has 2 aromatic heterocycles. The molecular formula is C16H25N7O3. The number of hydrazine groups is 1. The maximum atomic E-state index is 12.5. The number of hydrogen-bond donors (Lipinski definition) is 3. The number of aromatic nitrogens is 2. The van der Waals surface area contributed by atoms with Gasteiger partial charge in [-0.3, -0.25) is 4.79 Å². The maximum Gasteiger partial charge on any atom is 0.274 e. The molecule has 1 amide bonds. The van der Waals surface area contributed by atoms with Crippen molar-refractivity contribution in [3.8, 4) is 0 Å². The highest BCUT2D eigenvalue weighted by Crippen LogP contribution is 2.14. The number of rotatable bonds is 11. The highest BCUT2D eigenvalue weighted by Gasteiger charge is 2.16. The summed E-state index contributed by atoms with van der Waals surface area (Å²) in [6.07, 6.45) is 1.79. The molecule has 0 bridgehead atoms. The monoisotopic (exact) mass is 363 g/mol. The van der Waals surface area contributed by atoms with Gasteiger partial charge in [0.05, 0.1) is 38.5 Å².